The molecule has 6 nitrogen and oxygen atoms in total. The summed E-state index contributed by atoms with van der Waals surface area (Å²) in [7, 11) is 0. The first-order valence-electron chi connectivity index (χ1n) is 6.28. The monoisotopic (exact) mass is 290 g/mol. The van der Waals surface area contributed by atoms with Crippen LogP contribution >= 0.6 is 12.4 Å². The van der Waals surface area contributed by atoms with Crippen molar-refractivity contribution in [2.45, 2.75) is 31.7 Å². The number of aromatic nitrogens is 4. The van der Waals surface area contributed by atoms with Crippen molar-refractivity contribution in [3.63, 3.8) is 0 Å². The maximum absolute atomic E-state index is 8.78. The molecule has 0 amide bonds. The molecule has 0 aromatic carbocycles. The van der Waals surface area contributed by atoms with E-state index >= 15 is 0 Å². The van der Waals surface area contributed by atoms with Crippen molar-refractivity contribution in [3.05, 3.63) is 35.5 Å². The van der Waals surface area contributed by atoms with E-state index in [0.29, 0.717) is 23.1 Å². The third-order valence-corrected chi connectivity index (χ3v) is 3.09. The lowest BCUT2D eigenvalue weighted by molar-refractivity contribution is 0.680. The van der Waals surface area contributed by atoms with Crippen molar-refractivity contribution in [1.82, 2.24) is 19.7 Å². The van der Waals surface area contributed by atoms with Crippen LogP contribution in [0.15, 0.2) is 18.3 Å². The fourth-order valence-corrected chi connectivity index (χ4v) is 1.90. The van der Waals surface area contributed by atoms with Gasteiger partial charge >= 0.3 is 0 Å². The molecule has 0 aliphatic heterocycles. The zero-order valence-electron chi connectivity index (χ0n) is 11.0. The molecule has 2 heterocycles. The number of nitrogens with two attached hydrogens (primary N) is 1. The summed E-state index contributed by atoms with van der Waals surface area (Å²) in [6, 6.07) is 5.31. The lowest BCUT2D eigenvalue weighted by Crippen LogP contribution is -2.14. The Morgan fingerprint density at radius 2 is 2.20 bits per heavy atom. The first-order chi connectivity index (χ1) is 9.19. The van der Waals surface area contributed by atoms with Crippen LogP contribution in [0.25, 0.3) is 5.82 Å². The van der Waals surface area contributed by atoms with Gasteiger partial charge in [-0.3, -0.25) is 0 Å². The van der Waals surface area contributed by atoms with Crippen LogP contribution < -0.4 is 5.73 Å². The van der Waals surface area contributed by atoms with E-state index in [1.54, 1.807) is 16.8 Å². The average Bonchev–Trinajstić information content (AvgIpc) is 3.17. The van der Waals surface area contributed by atoms with Crippen molar-refractivity contribution in [2.24, 2.45) is 5.73 Å². The Morgan fingerprint density at radius 3 is 2.70 bits per heavy atom. The molecule has 2 aromatic heterocycles. The van der Waals surface area contributed by atoms with E-state index in [4.69, 9.17) is 11.0 Å². The second-order valence-electron chi connectivity index (χ2n) is 4.82. The predicted molar refractivity (Wildman–Crippen MR) is 75.7 cm³/mol. The summed E-state index contributed by atoms with van der Waals surface area (Å²) in [5.74, 6) is 2.67. The highest BCUT2D eigenvalue weighted by atomic mass is 35.5. The number of nitrogens with zero attached hydrogens (tertiary/aromatic N) is 5. The van der Waals surface area contributed by atoms with E-state index in [9.17, 15) is 0 Å². The molecule has 0 spiro atoms. The van der Waals surface area contributed by atoms with E-state index in [1.165, 1.54) is 6.20 Å². The van der Waals surface area contributed by atoms with Crippen molar-refractivity contribution < 1.29 is 0 Å². The second-order valence-corrected chi connectivity index (χ2v) is 4.82. The van der Waals surface area contributed by atoms with Crippen LogP contribution in [-0.2, 0) is 0 Å². The topological polar surface area (TPSA) is 93.4 Å². The molecule has 1 unspecified atom stereocenters. The summed E-state index contributed by atoms with van der Waals surface area (Å²) in [6.07, 6.45) is 3.81. The highest BCUT2D eigenvalue weighted by Gasteiger charge is 2.29. The van der Waals surface area contributed by atoms with Gasteiger partial charge in [-0.2, -0.15) is 9.94 Å². The summed E-state index contributed by atoms with van der Waals surface area (Å²) in [4.78, 5) is 8.75. The van der Waals surface area contributed by atoms with E-state index in [2.05, 4.69) is 15.1 Å². The minimum absolute atomic E-state index is 0. The first kappa shape index (κ1) is 14.4. The van der Waals surface area contributed by atoms with Gasteiger partial charge in [-0.15, -0.1) is 17.5 Å². The van der Waals surface area contributed by atoms with Crippen LogP contribution in [0.2, 0.25) is 0 Å². The highest BCUT2D eigenvalue weighted by molar-refractivity contribution is 5.85. The fraction of sp³-hybridized carbons (Fsp3) is 0.385. The van der Waals surface area contributed by atoms with Crippen LogP contribution in [0, 0.1) is 11.3 Å². The van der Waals surface area contributed by atoms with Gasteiger partial charge in [-0.1, -0.05) is 0 Å². The van der Waals surface area contributed by atoms with E-state index < -0.39 is 0 Å². The Kier molecular flexibility index (Phi) is 4.02. The molecule has 1 saturated carbocycles. The Hall–Kier alpha value is -1.97. The van der Waals surface area contributed by atoms with Crippen LogP contribution in [0.5, 0.6) is 0 Å². The summed E-state index contributed by atoms with van der Waals surface area (Å²) in [5.41, 5.74) is 6.46. The molecule has 7 heteroatoms. The van der Waals surface area contributed by atoms with Crippen LogP contribution in [0.4, 0.5) is 0 Å². The average molecular weight is 291 g/mol. The van der Waals surface area contributed by atoms with Gasteiger partial charge in [0.2, 0.25) is 0 Å². The fourth-order valence-electron chi connectivity index (χ4n) is 1.90. The summed E-state index contributed by atoms with van der Waals surface area (Å²) in [6.45, 7) is 1.88. The number of halogens is 1. The van der Waals surface area contributed by atoms with E-state index in [-0.39, 0.29) is 18.4 Å². The Balaban J connectivity index is 0.00000147. The lowest BCUT2D eigenvalue weighted by Gasteiger charge is -2.06. The number of rotatable bonds is 3. The molecular formula is C13H15ClN6. The maximum Gasteiger partial charge on any atom is 0.155 e. The molecule has 1 aliphatic carbocycles. The summed E-state index contributed by atoms with van der Waals surface area (Å²) in [5, 5.41) is 13.3. The zero-order chi connectivity index (χ0) is 13.4. The number of pyridine rings is 1. The number of nitriles is 1. The molecule has 2 aromatic rings. The van der Waals surface area contributed by atoms with Gasteiger partial charge in [0.1, 0.15) is 6.07 Å². The van der Waals surface area contributed by atoms with Crippen LogP contribution in [-0.4, -0.2) is 19.7 Å². The normalized spacial score (nSPS) is 15.2. The summed E-state index contributed by atoms with van der Waals surface area (Å²) < 4.78 is 1.68. The molecule has 0 saturated heterocycles. The Bertz CT molecular complexity index is 636. The first-order valence-corrected chi connectivity index (χ1v) is 6.28. The molecule has 3 rings (SSSR count). The quantitative estimate of drug-likeness (QED) is 0.931. The lowest BCUT2D eigenvalue weighted by atomic mass is 10.3. The van der Waals surface area contributed by atoms with E-state index in [0.717, 1.165) is 18.7 Å². The van der Waals surface area contributed by atoms with Gasteiger partial charge in [0.05, 0.1) is 11.6 Å². The minimum atomic E-state index is -0.211. The standard InChI is InChI=1S/C13H14N6.ClH/c1-8(15)13-17-12(10-3-4-10)18-19(13)11-5-2-9(6-14)7-16-11;/h2,5,7-8,10H,3-4,15H2,1H3;1H. The maximum atomic E-state index is 8.78. The smallest absolute Gasteiger partial charge is 0.155 e. The van der Waals surface area contributed by atoms with Crippen LogP contribution in [0.1, 0.15) is 48.9 Å². The molecular weight excluding hydrogens is 276 g/mol. The molecule has 1 aliphatic rings. The summed E-state index contributed by atoms with van der Waals surface area (Å²) >= 11 is 0. The molecule has 20 heavy (non-hydrogen) atoms. The number of hydrogen-bond donors (Lipinski definition) is 1. The van der Waals surface area contributed by atoms with Crippen molar-refractivity contribution in [2.75, 3.05) is 0 Å². The molecule has 1 fully saturated rings. The predicted octanol–water partition coefficient (Wildman–Crippen LogP) is 1.85. The molecule has 1 atom stereocenters. The van der Waals surface area contributed by atoms with Gasteiger partial charge in [-0.05, 0) is 31.9 Å². The van der Waals surface area contributed by atoms with Crippen molar-refractivity contribution in [3.8, 4) is 11.9 Å². The van der Waals surface area contributed by atoms with Gasteiger partial charge in [0.15, 0.2) is 17.5 Å². The van der Waals surface area contributed by atoms with E-state index in [1.807, 2.05) is 13.0 Å². The Morgan fingerprint density at radius 1 is 1.45 bits per heavy atom. The minimum Gasteiger partial charge on any atom is -0.322 e. The molecule has 0 radical (unpaired) electrons. The largest absolute Gasteiger partial charge is 0.322 e. The van der Waals surface area contributed by atoms with Crippen molar-refractivity contribution >= 4 is 12.4 Å². The number of hydrogen-bond acceptors (Lipinski definition) is 5. The second kappa shape index (κ2) is 5.57. The molecule has 2 N–H and O–H groups in total. The SMILES string of the molecule is CC(N)c1nc(C2CC2)nn1-c1ccc(C#N)cn1.Cl. The van der Waals surface area contributed by atoms with Gasteiger partial charge in [0, 0.05) is 12.1 Å². The zero-order valence-corrected chi connectivity index (χ0v) is 11.8. The third-order valence-electron chi connectivity index (χ3n) is 3.09. The molecule has 104 valence electrons. The van der Waals surface area contributed by atoms with Gasteiger partial charge in [0.25, 0.3) is 0 Å². The molecule has 0 bridgehead atoms. The highest BCUT2D eigenvalue weighted by Crippen LogP contribution is 2.38. The third kappa shape index (κ3) is 2.64. The Labute approximate surface area is 123 Å². The van der Waals surface area contributed by atoms with Crippen LogP contribution in [0.3, 0.4) is 0 Å². The van der Waals surface area contributed by atoms with Gasteiger partial charge in [-0.25, -0.2) is 9.97 Å². The van der Waals surface area contributed by atoms with Gasteiger partial charge < -0.3 is 5.73 Å². The van der Waals surface area contributed by atoms with Crippen molar-refractivity contribution in [1.29, 1.82) is 5.26 Å².